The second-order valence-electron chi connectivity index (χ2n) is 4.33. The topological polar surface area (TPSA) is 65.0 Å². The third-order valence-corrected chi connectivity index (χ3v) is 2.94. The molecule has 0 atom stereocenters. The first-order chi connectivity index (χ1) is 10.2. The molecule has 0 spiro atoms. The number of phenolic OH excluding ortho intramolecular Hbond substituents is 1. The van der Waals surface area contributed by atoms with Gasteiger partial charge in [-0.05, 0) is 29.8 Å². The Morgan fingerprint density at radius 2 is 1.62 bits per heavy atom. The van der Waals surface area contributed by atoms with Crippen LogP contribution < -0.4 is 14.2 Å². The summed E-state index contributed by atoms with van der Waals surface area (Å²) in [6, 6.07) is 9.86. The van der Waals surface area contributed by atoms with Crippen LogP contribution in [0.2, 0.25) is 0 Å². The summed E-state index contributed by atoms with van der Waals surface area (Å²) in [4.78, 5) is 10.9. The van der Waals surface area contributed by atoms with E-state index in [4.69, 9.17) is 14.2 Å². The summed E-state index contributed by atoms with van der Waals surface area (Å²) in [6.07, 6.45) is 0.717. The van der Waals surface area contributed by atoms with Gasteiger partial charge in [0.2, 0.25) is 5.75 Å². The summed E-state index contributed by atoms with van der Waals surface area (Å²) in [5, 5.41) is 9.25. The molecule has 0 heterocycles. The Morgan fingerprint density at radius 1 is 1.05 bits per heavy atom. The maximum Gasteiger partial charge on any atom is 0.203 e. The fourth-order valence-corrected chi connectivity index (χ4v) is 1.86. The Morgan fingerprint density at radius 3 is 2.10 bits per heavy atom. The third-order valence-electron chi connectivity index (χ3n) is 2.94. The average molecular weight is 288 g/mol. The van der Waals surface area contributed by atoms with Crippen molar-refractivity contribution in [2.75, 3.05) is 14.2 Å². The van der Waals surface area contributed by atoms with Crippen LogP contribution in [0, 0.1) is 0 Å². The lowest BCUT2D eigenvalue weighted by Gasteiger charge is -2.15. The Kier molecular flexibility index (Phi) is 4.66. The zero-order chi connectivity index (χ0) is 15.2. The van der Waals surface area contributed by atoms with Crippen molar-refractivity contribution in [3.8, 4) is 23.0 Å². The van der Waals surface area contributed by atoms with Crippen molar-refractivity contribution in [1.82, 2.24) is 0 Å². The third kappa shape index (κ3) is 3.45. The number of hydrogen-bond donors (Lipinski definition) is 1. The monoisotopic (exact) mass is 288 g/mol. The number of aldehydes is 1. The van der Waals surface area contributed by atoms with Gasteiger partial charge in [0, 0.05) is 5.56 Å². The lowest BCUT2D eigenvalue weighted by Crippen LogP contribution is -2.01. The molecule has 0 aromatic heterocycles. The molecule has 0 saturated heterocycles. The Bertz CT molecular complexity index is 594. The van der Waals surface area contributed by atoms with Crippen molar-refractivity contribution in [3.63, 3.8) is 0 Å². The summed E-state index contributed by atoms with van der Waals surface area (Å²) in [6.45, 7) is 0.285. The molecular weight excluding hydrogens is 272 g/mol. The van der Waals surface area contributed by atoms with E-state index in [2.05, 4.69) is 0 Å². The molecule has 2 rings (SSSR count). The predicted octanol–water partition coefficient (Wildman–Crippen LogP) is 2.80. The first-order valence-electron chi connectivity index (χ1n) is 6.30. The number of hydrogen-bond acceptors (Lipinski definition) is 5. The first kappa shape index (κ1) is 14.7. The number of aromatic hydroxyl groups is 1. The molecule has 0 aliphatic heterocycles. The predicted molar refractivity (Wildman–Crippen MR) is 77.4 cm³/mol. The highest BCUT2D eigenvalue weighted by molar-refractivity contribution is 5.78. The van der Waals surface area contributed by atoms with E-state index in [9.17, 15) is 9.90 Å². The van der Waals surface area contributed by atoms with Gasteiger partial charge in [0.15, 0.2) is 11.5 Å². The summed E-state index contributed by atoms with van der Waals surface area (Å²) in [5.74, 6) is 1.48. The molecule has 2 aromatic rings. The van der Waals surface area contributed by atoms with Crippen LogP contribution >= 0.6 is 0 Å². The maximum absolute atomic E-state index is 10.9. The molecule has 2 aromatic carbocycles. The zero-order valence-corrected chi connectivity index (χ0v) is 11.8. The lowest BCUT2D eigenvalue weighted by molar-refractivity contribution is 0.112. The quantitative estimate of drug-likeness (QED) is 0.828. The second kappa shape index (κ2) is 6.65. The molecule has 0 aliphatic carbocycles. The molecule has 1 N–H and O–H groups in total. The SMILES string of the molecule is COc1cc(C=O)cc(OC)c1OCc1ccc(O)cc1. The zero-order valence-electron chi connectivity index (χ0n) is 11.8. The van der Waals surface area contributed by atoms with Crippen LogP contribution in [0.5, 0.6) is 23.0 Å². The van der Waals surface area contributed by atoms with E-state index in [0.29, 0.717) is 22.8 Å². The number of methoxy groups -OCH3 is 2. The van der Waals surface area contributed by atoms with Gasteiger partial charge in [-0.1, -0.05) is 12.1 Å². The van der Waals surface area contributed by atoms with E-state index in [1.807, 2.05) is 0 Å². The van der Waals surface area contributed by atoms with Crippen molar-refractivity contribution < 1.29 is 24.1 Å². The van der Waals surface area contributed by atoms with Crippen LogP contribution in [0.3, 0.4) is 0 Å². The Labute approximate surface area is 122 Å². The van der Waals surface area contributed by atoms with E-state index in [1.165, 1.54) is 14.2 Å². The Hall–Kier alpha value is -2.69. The van der Waals surface area contributed by atoms with Crippen LogP contribution in [0.25, 0.3) is 0 Å². The molecule has 21 heavy (non-hydrogen) atoms. The molecule has 5 nitrogen and oxygen atoms in total. The highest BCUT2D eigenvalue weighted by Gasteiger charge is 2.14. The highest BCUT2D eigenvalue weighted by Crippen LogP contribution is 2.38. The van der Waals surface area contributed by atoms with Gasteiger partial charge in [0.05, 0.1) is 14.2 Å². The van der Waals surface area contributed by atoms with Gasteiger partial charge in [0.1, 0.15) is 18.6 Å². The lowest BCUT2D eigenvalue weighted by atomic mass is 10.2. The van der Waals surface area contributed by atoms with Crippen molar-refractivity contribution in [2.24, 2.45) is 0 Å². The standard InChI is InChI=1S/C16H16O5/c1-19-14-7-12(9-17)8-15(20-2)16(14)21-10-11-3-5-13(18)6-4-11/h3-9,18H,10H2,1-2H3. The van der Waals surface area contributed by atoms with Gasteiger partial charge in [-0.2, -0.15) is 0 Å². The number of carbonyl (C=O) groups excluding carboxylic acids is 1. The number of benzene rings is 2. The normalized spacial score (nSPS) is 10.0. The van der Waals surface area contributed by atoms with Crippen LogP contribution in [0.1, 0.15) is 15.9 Å². The highest BCUT2D eigenvalue weighted by atomic mass is 16.5. The fraction of sp³-hybridized carbons (Fsp3) is 0.188. The van der Waals surface area contributed by atoms with Gasteiger partial charge in [-0.25, -0.2) is 0 Å². The van der Waals surface area contributed by atoms with Crippen LogP contribution in [0.4, 0.5) is 0 Å². The summed E-state index contributed by atoms with van der Waals surface area (Å²) in [7, 11) is 2.99. The van der Waals surface area contributed by atoms with Gasteiger partial charge < -0.3 is 19.3 Å². The second-order valence-corrected chi connectivity index (χ2v) is 4.33. The van der Waals surface area contributed by atoms with Crippen molar-refractivity contribution >= 4 is 6.29 Å². The number of phenols is 1. The van der Waals surface area contributed by atoms with Crippen molar-refractivity contribution in [2.45, 2.75) is 6.61 Å². The van der Waals surface area contributed by atoms with E-state index in [1.54, 1.807) is 36.4 Å². The molecule has 5 heteroatoms. The van der Waals surface area contributed by atoms with Gasteiger partial charge in [0.25, 0.3) is 0 Å². The van der Waals surface area contributed by atoms with E-state index < -0.39 is 0 Å². The first-order valence-corrected chi connectivity index (χ1v) is 6.30. The average Bonchev–Trinajstić information content (AvgIpc) is 2.53. The number of carbonyl (C=O) groups is 1. The molecule has 0 fully saturated rings. The van der Waals surface area contributed by atoms with Crippen molar-refractivity contribution in [1.29, 1.82) is 0 Å². The summed E-state index contributed by atoms with van der Waals surface area (Å²) >= 11 is 0. The van der Waals surface area contributed by atoms with Gasteiger partial charge in [-0.15, -0.1) is 0 Å². The minimum Gasteiger partial charge on any atom is -0.508 e. The number of ether oxygens (including phenoxy) is 3. The minimum atomic E-state index is 0.198. The Balaban J connectivity index is 2.25. The van der Waals surface area contributed by atoms with Gasteiger partial charge in [-0.3, -0.25) is 4.79 Å². The van der Waals surface area contributed by atoms with Crippen LogP contribution in [0.15, 0.2) is 36.4 Å². The smallest absolute Gasteiger partial charge is 0.203 e. The molecule has 0 aliphatic rings. The molecule has 0 saturated carbocycles. The molecule has 110 valence electrons. The minimum absolute atomic E-state index is 0.198. The molecule has 0 unspecified atom stereocenters. The molecule has 0 bridgehead atoms. The van der Waals surface area contributed by atoms with E-state index in [0.717, 1.165) is 11.8 Å². The fourth-order valence-electron chi connectivity index (χ4n) is 1.86. The van der Waals surface area contributed by atoms with Crippen LogP contribution in [-0.4, -0.2) is 25.6 Å². The van der Waals surface area contributed by atoms with Crippen molar-refractivity contribution in [3.05, 3.63) is 47.5 Å². The number of rotatable bonds is 6. The van der Waals surface area contributed by atoms with E-state index >= 15 is 0 Å². The molecule has 0 radical (unpaired) electrons. The van der Waals surface area contributed by atoms with Crippen LogP contribution in [-0.2, 0) is 6.61 Å². The largest absolute Gasteiger partial charge is 0.508 e. The van der Waals surface area contributed by atoms with Gasteiger partial charge >= 0.3 is 0 Å². The summed E-state index contributed by atoms with van der Waals surface area (Å²) < 4.78 is 16.2. The molecular formula is C16H16O5. The summed E-state index contributed by atoms with van der Waals surface area (Å²) in [5.41, 5.74) is 1.33. The maximum atomic E-state index is 10.9. The molecule has 0 amide bonds. The van der Waals surface area contributed by atoms with E-state index in [-0.39, 0.29) is 12.4 Å².